The predicted molar refractivity (Wildman–Crippen MR) is 99.5 cm³/mol. The van der Waals surface area contributed by atoms with E-state index in [0.717, 1.165) is 38.5 Å². The van der Waals surface area contributed by atoms with Gasteiger partial charge in [0.2, 0.25) is 0 Å². The number of carbonyl (C=O) groups excluding carboxylic acids is 1. The average Bonchev–Trinajstić information content (AvgIpc) is 2.96. The highest BCUT2D eigenvalue weighted by Gasteiger charge is 2.56. The smallest absolute Gasteiger partial charge is 0.306 e. The molecule has 5 nitrogen and oxygen atoms in total. The van der Waals surface area contributed by atoms with E-state index < -0.39 is 5.97 Å². The molecule has 4 rings (SSSR count). The maximum absolute atomic E-state index is 12.1. The van der Waals surface area contributed by atoms with Crippen molar-refractivity contribution in [3.05, 3.63) is 29.3 Å². The number of aliphatic carboxylic acids is 1. The first-order valence-corrected chi connectivity index (χ1v) is 10.1. The maximum atomic E-state index is 12.1. The van der Waals surface area contributed by atoms with Gasteiger partial charge in [0, 0.05) is 5.41 Å². The molecule has 0 spiro atoms. The van der Waals surface area contributed by atoms with Gasteiger partial charge in [0.15, 0.2) is 0 Å². The van der Waals surface area contributed by atoms with Gasteiger partial charge in [-0.25, -0.2) is 0 Å². The number of aromatic hydroxyl groups is 1. The molecule has 0 radical (unpaired) electrons. The maximum Gasteiger partial charge on any atom is 0.306 e. The average molecular weight is 372 g/mol. The summed E-state index contributed by atoms with van der Waals surface area (Å²) in [6, 6.07) is 5.82. The molecular weight excluding hydrogens is 344 g/mol. The van der Waals surface area contributed by atoms with E-state index in [1.54, 1.807) is 6.07 Å². The zero-order valence-electron chi connectivity index (χ0n) is 15.8. The summed E-state index contributed by atoms with van der Waals surface area (Å²) in [5, 5.41) is 18.6. The van der Waals surface area contributed by atoms with Gasteiger partial charge >= 0.3 is 11.9 Å². The zero-order chi connectivity index (χ0) is 19.2. The summed E-state index contributed by atoms with van der Waals surface area (Å²) in [7, 11) is 0. The molecule has 2 N–H and O–H groups in total. The Morgan fingerprint density at radius 1 is 1.19 bits per heavy atom. The molecule has 0 aliphatic heterocycles. The van der Waals surface area contributed by atoms with Gasteiger partial charge in [0.05, 0.1) is 12.8 Å². The van der Waals surface area contributed by atoms with Crippen LogP contribution in [0.25, 0.3) is 0 Å². The molecule has 146 valence electrons. The lowest BCUT2D eigenvalue weighted by Gasteiger charge is -2.50. The van der Waals surface area contributed by atoms with Crippen LogP contribution < -0.4 is 0 Å². The van der Waals surface area contributed by atoms with Crippen LogP contribution in [0.3, 0.4) is 0 Å². The molecule has 0 amide bonds. The van der Waals surface area contributed by atoms with Gasteiger partial charge in [0.25, 0.3) is 0 Å². The van der Waals surface area contributed by atoms with Gasteiger partial charge in [-0.3, -0.25) is 9.59 Å². The van der Waals surface area contributed by atoms with E-state index in [-0.39, 0.29) is 30.3 Å². The van der Waals surface area contributed by atoms with Crippen LogP contribution in [0.2, 0.25) is 0 Å². The van der Waals surface area contributed by atoms with Gasteiger partial charge in [-0.15, -0.1) is 0 Å². The lowest BCUT2D eigenvalue weighted by Crippen LogP contribution is -2.45. The normalized spacial score (nSPS) is 34.3. The molecule has 0 saturated heterocycles. The van der Waals surface area contributed by atoms with E-state index in [0.29, 0.717) is 23.5 Å². The Morgan fingerprint density at radius 3 is 2.78 bits per heavy atom. The fourth-order valence-electron chi connectivity index (χ4n) is 6.14. The standard InChI is InChI=1S/C22H28O5/c1-22-11-10-16-15-5-3-14(23)12-13(15)2-4-17(16)18(22)6-7-19(22)27-21(26)9-8-20(24)25/h3,5,12,16-19,23H,2,4,6-11H2,1H3,(H,24,25)/t16-,17?,18+,19+,22+/m1/s1. The van der Waals surface area contributed by atoms with Crippen LogP contribution in [0, 0.1) is 17.3 Å². The first kappa shape index (κ1) is 18.3. The third-order valence-electron chi connectivity index (χ3n) is 7.44. The number of phenolic OH excluding ortho intramolecular Hbond substituents is 1. The number of benzene rings is 1. The molecule has 3 aliphatic carbocycles. The summed E-state index contributed by atoms with van der Waals surface area (Å²) < 4.78 is 5.76. The van der Waals surface area contributed by atoms with Crippen LogP contribution in [-0.4, -0.2) is 28.3 Å². The van der Waals surface area contributed by atoms with Crippen molar-refractivity contribution in [3.63, 3.8) is 0 Å². The number of esters is 1. The summed E-state index contributed by atoms with van der Waals surface area (Å²) in [6.07, 6.45) is 5.88. The quantitative estimate of drug-likeness (QED) is 0.780. The minimum Gasteiger partial charge on any atom is -0.508 e. The Labute approximate surface area is 159 Å². The third kappa shape index (κ3) is 3.21. The van der Waals surface area contributed by atoms with E-state index in [9.17, 15) is 14.7 Å². The Hall–Kier alpha value is -2.04. The number of rotatable bonds is 4. The first-order chi connectivity index (χ1) is 12.9. The molecular formula is C22H28O5. The molecule has 3 aliphatic rings. The van der Waals surface area contributed by atoms with Crippen molar-refractivity contribution < 1.29 is 24.5 Å². The number of hydrogen-bond acceptors (Lipinski definition) is 4. The highest BCUT2D eigenvalue weighted by molar-refractivity contribution is 5.76. The highest BCUT2D eigenvalue weighted by atomic mass is 16.5. The SMILES string of the molecule is C[C@]12CC[C@@H]3c4ccc(O)cc4CCC3[C@@H]1CC[C@@H]2OC(=O)CCC(=O)O. The molecule has 1 unspecified atom stereocenters. The van der Waals surface area contributed by atoms with Gasteiger partial charge in [-0.05, 0) is 79.5 Å². The lowest BCUT2D eigenvalue weighted by molar-refractivity contribution is -0.159. The minimum atomic E-state index is -0.963. The second-order valence-corrected chi connectivity index (χ2v) is 8.79. The summed E-state index contributed by atoms with van der Waals surface area (Å²) in [5.74, 6) is 0.681. The third-order valence-corrected chi connectivity index (χ3v) is 7.44. The van der Waals surface area contributed by atoms with Crippen molar-refractivity contribution in [1.29, 1.82) is 0 Å². The molecule has 27 heavy (non-hydrogen) atoms. The largest absolute Gasteiger partial charge is 0.508 e. The fraction of sp³-hybridized carbons (Fsp3) is 0.636. The van der Waals surface area contributed by atoms with Crippen LogP contribution in [0.1, 0.15) is 68.9 Å². The molecule has 2 saturated carbocycles. The van der Waals surface area contributed by atoms with Crippen molar-refractivity contribution in [2.75, 3.05) is 0 Å². The van der Waals surface area contributed by atoms with E-state index in [4.69, 9.17) is 9.84 Å². The van der Waals surface area contributed by atoms with Crippen LogP contribution >= 0.6 is 0 Å². The van der Waals surface area contributed by atoms with E-state index in [2.05, 4.69) is 13.0 Å². The lowest BCUT2D eigenvalue weighted by atomic mass is 9.55. The van der Waals surface area contributed by atoms with Crippen molar-refractivity contribution in [1.82, 2.24) is 0 Å². The van der Waals surface area contributed by atoms with Crippen molar-refractivity contribution in [2.24, 2.45) is 17.3 Å². The first-order valence-electron chi connectivity index (χ1n) is 10.1. The number of aryl methyl sites for hydroxylation is 1. The number of fused-ring (bicyclic) bond motifs is 5. The summed E-state index contributed by atoms with van der Waals surface area (Å²) >= 11 is 0. The Balaban J connectivity index is 1.49. The number of carboxylic acids is 1. The number of hydrogen-bond donors (Lipinski definition) is 2. The highest BCUT2D eigenvalue weighted by Crippen LogP contribution is 2.61. The van der Waals surface area contributed by atoms with E-state index in [1.807, 2.05) is 6.07 Å². The Bertz CT molecular complexity index is 757. The van der Waals surface area contributed by atoms with Gasteiger partial charge < -0.3 is 14.9 Å². The van der Waals surface area contributed by atoms with Gasteiger partial charge in [-0.2, -0.15) is 0 Å². The summed E-state index contributed by atoms with van der Waals surface area (Å²) in [4.78, 5) is 22.8. The topological polar surface area (TPSA) is 83.8 Å². The zero-order valence-corrected chi connectivity index (χ0v) is 15.8. The predicted octanol–water partition coefficient (Wildman–Crippen LogP) is 4.02. The summed E-state index contributed by atoms with van der Waals surface area (Å²) in [6.45, 7) is 2.27. The minimum absolute atomic E-state index is 0.00548. The number of phenols is 1. The van der Waals surface area contributed by atoms with Crippen LogP contribution in [-0.2, 0) is 20.7 Å². The van der Waals surface area contributed by atoms with Gasteiger partial charge in [-0.1, -0.05) is 13.0 Å². The number of carbonyl (C=O) groups is 2. The van der Waals surface area contributed by atoms with Crippen LogP contribution in [0.4, 0.5) is 0 Å². The second-order valence-electron chi connectivity index (χ2n) is 8.79. The molecule has 0 bridgehead atoms. The monoisotopic (exact) mass is 372 g/mol. The molecule has 0 heterocycles. The van der Waals surface area contributed by atoms with Crippen LogP contribution in [0.5, 0.6) is 5.75 Å². The van der Waals surface area contributed by atoms with Gasteiger partial charge in [0.1, 0.15) is 11.9 Å². The Kier molecular flexibility index (Phi) is 4.65. The Morgan fingerprint density at radius 2 is 2.00 bits per heavy atom. The molecule has 0 aromatic heterocycles. The van der Waals surface area contributed by atoms with Crippen molar-refractivity contribution in [3.8, 4) is 5.75 Å². The molecule has 5 heteroatoms. The molecule has 1 aromatic carbocycles. The summed E-state index contributed by atoms with van der Waals surface area (Å²) in [5.41, 5.74) is 2.68. The van der Waals surface area contributed by atoms with E-state index >= 15 is 0 Å². The second kappa shape index (κ2) is 6.84. The number of ether oxygens (including phenoxy) is 1. The molecule has 2 fully saturated rings. The van der Waals surface area contributed by atoms with E-state index in [1.165, 1.54) is 11.1 Å². The molecule has 1 aromatic rings. The number of carboxylic acid groups (broad SMARTS) is 1. The van der Waals surface area contributed by atoms with Crippen molar-refractivity contribution in [2.45, 2.75) is 70.3 Å². The van der Waals surface area contributed by atoms with Crippen LogP contribution in [0.15, 0.2) is 18.2 Å². The fourth-order valence-corrected chi connectivity index (χ4v) is 6.14. The van der Waals surface area contributed by atoms with Crippen molar-refractivity contribution >= 4 is 11.9 Å². The molecule has 5 atom stereocenters.